The highest BCUT2D eigenvalue weighted by atomic mass is 32.2. The molecule has 1 aliphatic rings. The Hall–Kier alpha value is -4.90. The Morgan fingerprint density at radius 1 is 0.816 bits per heavy atom. The largest absolute Gasteiger partial charge is 0.497 e. The van der Waals surface area contributed by atoms with Crippen LogP contribution in [0.4, 0.5) is 10.1 Å². The first-order valence-corrected chi connectivity index (χ1v) is 17.8. The molecule has 1 aliphatic carbocycles. The van der Waals surface area contributed by atoms with E-state index in [-0.39, 0.29) is 41.2 Å². The normalized spacial score (nSPS) is 14.0. The van der Waals surface area contributed by atoms with Crippen molar-refractivity contribution in [2.24, 2.45) is 0 Å². The summed E-state index contributed by atoms with van der Waals surface area (Å²) in [6.45, 7) is -0.699. The third-order valence-electron chi connectivity index (χ3n) is 8.77. The van der Waals surface area contributed by atoms with Crippen molar-refractivity contribution in [3.63, 3.8) is 0 Å². The number of nitrogens with one attached hydrogen (secondary N) is 1. The van der Waals surface area contributed by atoms with Crippen molar-refractivity contribution in [3.8, 4) is 11.5 Å². The lowest BCUT2D eigenvalue weighted by atomic mass is 9.94. The summed E-state index contributed by atoms with van der Waals surface area (Å²) in [5.74, 6) is -0.670. The summed E-state index contributed by atoms with van der Waals surface area (Å²) < 4.78 is 54.4. The number of benzene rings is 4. The molecule has 0 aliphatic heterocycles. The van der Waals surface area contributed by atoms with Gasteiger partial charge in [-0.25, -0.2) is 12.8 Å². The van der Waals surface area contributed by atoms with Gasteiger partial charge in [0.15, 0.2) is 0 Å². The van der Waals surface area contributed by atoms with Gasteiger partial charge in [-0.2, -0.15) is 0 Å². The summed E-state index contributed by atoms with van der Waals surface area (Å²) in [5.41, 5.74) is 1.57. The lowest BCUT2D eigenvalue weighted by Crippen LogP contribution is -2.55. The van der Waals surface area contributed by atoms with Crippen LogP contribution >= 0.6 is 0 Å². The van der Waals surface area contributed by atoms with E-state index in [0.29, 0.717) is 11.3 Å². The van der Waals surface area contributed by atoms with E-state index >= 15 is 0 Å². The van der Waals surface area contributed by atoms with Crippen LogP contribution < -0.4 is 19.1 Å². The van der Waals surface area contributed by atoms with Gasteiger partial charge in [-0.15, -0.1) is 0 Å². The van der Waals surface area contributed by atoms with Crippen LogP contribution in [0.3, 0.4) is 0 Å². The molecule has 11 heteroatoms. The average Bonchev–Trinajstić information content (AvgIpc) is 3.13. The van der Waals surface area contributed by atoms with Gasteiger partial charge in [0.2, 0.25) is 11.8 Å². The SMILES string of the molecule is COc1ccc(S(=O)(=O)N(CC(=O)N(Cc2ccc(F)cc2)[C@H](Cc2ccccc2)C(=O)NC2CCCCC2)c2ccccc2OC)cc1. The minimum absolute atomic E-state index is 0.0252. The van der Waals surface area contributed by atoms with Crippen molar-refractivity contribution in [2.45, 2.75) is 62.0 Å². The molecule has 49 heavy (non-hydrogen) atoms. The minimum atomic E-state index is -4.35. The van der Waals surface area contributed by atoms with Gasteiger partial charge in [0.1, 0.15) is 29.9 Å². The molecular formula is C38H42FN3O6S. The first kappa shape index (κ1) is 35.4. The first-order valence-electron chi connectivity index (χ1n) is 16.4. The number of carbonyl (C=O) groups is 2. The summed E-state index contributed by atoms with van der Waals surface area (Å²) in [4.78, 5) is 30.3. The number of para-hydroxylation sites is 2. The van der Waals surface area contributed by atoms with Gasteiger partial charge in [-0.1, -0.05) is 73.9 Å². The maximum absolute atomic E-state index is 14.7. The van der Waals surface area contributed by atoms with E-state index < -0.39 is 34.3 Å². The molecule has 5 rings (SSSR count). The zero-order valence-electron chi connectivity index (χ0n) is 27.8. The molecule has 1 fully saturated rings. The van der Waals surface area contributed by atoms with Crippen LogP contribution in [0.15, 0.2) is 108 Å². The number of anilines is 1. The van der Waals surface area contributed by atoms with E-state index in [9.17, 15) is 22.4 Å². The van der Waals surface area contributed by atoms with Crippen molar-refractivity contribution in [2.75, 3.05) is 25.1 Å². The molecule has 0 radical (unpaired) electrons. The Morgan fingerprint density at radius 3 is 2.12 bits per heavy atom. The number of methoxy groups -OCH3 is 2. The molecule has 0 aromatic heterocycles. The Bertz CT molecular complexity index is 1800. The third-order valence-corrected chi connectivity index (χ3v) is 10.5. The lowest BCUT2D eigenvalue weighted by molar-refractivity contribution is -0.140. The van der Waals surface area contributed by atoms with Crippen molar-refractivity contribution in [3.05, 3.63) is 120 Å². The van der Waals surface area contributed by atoms with Gasteiger partial charge in [-0.05, 0) is 72.5 Å². The van der Waals surface area contributed by atoms with E-state index in [1.54, 1.807) is 36.4 Å². The third kappa shape index (κ3) is 8.97. The second kappa shape index (κ2) is 16.5. The predicted octanol–water partition coefficient (Wildman–Crippen LogP) is 6.13. The zero-order chi connectivity index (χ0) is 34.8. The van der Waals surface area contributed by atoms with Crippen molar-refractivity contribution in [1.82, 2.24) is 10.2 Å². The number of halogens is 1. The second-order valence-corrected chi connectivity index (χ2v) is 13.9. The van der Waals surface area contributed by atoms with Crippen molar-refractivity contribution in [1.29, 1.82) is 0 Å². The summed E-state index contributed by atoms with van der Waals surface area (Å²) in [5, 5.41) is 3.18. The molecule has 0 saturated heterocycles. The Kier molecular flexibility index (Phi) is 11.9. The molecule has 2 amide bonds. The maximum atomic E-state index is 14.7. The molecule has 1 saturated carbocycles. The van der Waals surface area contributed by atoms with Crippen LogP contribution in [0.2, 0.25) is 0 Å². The number of ether oxygens (including phenoxy) is 2. The summed E-state index contributed by atoms with van der Waals surface area (Å²) >= 11 is 0. The van der Waals surface area contributed by atoms with Gasteiger partial charge in [-0.3, -0.25) is 13.9 Å². The second-order valence-electron chi connectivity index (χ2n) is 12.1. The topological polar surface area (TPSA) is 105 Å². The van der Waals surface area contributed by atoms with Crippen LogP contribution in [-0.4, -0.2) is 58.0 Å². The van der Waals surface area contributed by atoms with E-state index in [1.165, 1.54) is 55.5 Å². The fourth-order valence-corrected chi connectivity index (χ4v) is 7.53. The number of amides is 2. The predicted molar refractivity (Wildman–Crippen MR) is 186 cm³/mol. The first-order chi connectivity index (χ1) is 23.7. The van der Waals surface area contributed by atoms with Gasteiger partial charge < -0.3 is 19.7 Å². The zero-order valence-corrected chi connectivity index (χ0v) is 28.6. The fourth-order valence-electron chi connectivity index (χ4n) is 6.11. The van der Waals surface area contributed by atoms with E-state index in [0.717, 1.165) is 42.0 Å². The van der Waals surface area contributed by atoms with Crippen LogP contribution in [0.1, 0.15) is 43.2 Å². The molecule has 4 aromatic carbocycles. The van der Waals surface area contributed by atoms with Gasteiger partial charge >= 0.3 is 0 Å². The number of carbonyl (C=O) groups excluding carboxylic acids is 2. The molecule has 0 heterocycles. The summed E-state index contributed by atoms with van der Waals surface area (Å²) in [6, 6.07) is 26.5. The molecule has 0 bridgehead atoms. The number of nitrogens with zero attached hydrogens (tertiary/aromatic N) is 2. The Labute approximate surface area is 287 Å². The van der Waals surface area contributed by atoms with E-state index in [1.807, 2.05) is 30.3 Å². The molecule has 4 aromatic rings. The number of hydrogen-bond donors (Lipinski definition) is 1. The lowest BCUT2D eigenvalue weighted by Gasteiger charge is -2.35. The highest BCUT2D eigenvalue weighted by molar-refractivity contribution is 7.92. The Balaban J connectivity index is 1.58. The van der Waals surface area contributed by atoms with Gasteiger partial charge in [0, 0.05) is 19.0 Å². The number of sulfonamides is 1. The molecular weight excluding hydrogens is 645 g/mol. The maximum Gasteiger partial charge on any atom is 0.264 e. The van der Waals surface area contributed by atoms with Crippen LogP contribution in [0.25, 0.3) is 0 Å². The number of hydrogen-bond acceptors (Lipinski definition) is 6. The highest BCUT2D eigenvalue weighted by Gasteiger charge is 2.36. The molecule has 258 valence electrons. The van der Waals surface area contributed by atoms with Crippen molar-refractivity contribution >= 4 is 27.5 Å². The monoisotopic (exact) mass is 687 g/mol. The molecule has 0 spiro atoms. The van der Waals surface area contributed by atoms with Crippen LogP contribution in [0.5, 0.6) is 11.5 Å². The molecule has 9 nitrogen and oxygen atoms in total. The Morgan fingerprint density at radius 2 is 1.47 bits per heavy atom. The minimum Gasteiger partial charge on any atom is -0.497 e. The van der Waals surface area contributed by atoms with Crippen LogP contribution in [-0.2, 0) is 32.6 Å². The number of rotatable bonds is 14. The molecule has 0 unspecified atom stereocenters. The van der Waals surface area contributed by atoms with Gasteiger partial charge in [0.25, 0.3) is 10.0 Å². The standard InChI is InChI=1S/C38H42FN3O6S/c1-47-32-21-23-33(24-22-32)49(45,46)42(34-15-9-10-16-36(34)48-2)27-37(43)41(26-29-17-19-30(39)20-18-29)35(25-28-11-5-3-6-12-28)38(44)40-31-13-7-4-8-14-31/h3,5-6,9-12,15-24,31,35H,4,7-8,13-14,25-27H2,1-2H3,(H,40,44)/t35-/m1/s1. The summed E-state index contributed by atoms with van der Waals surface area (Å²) in [6.07, 6.45) is 4.99. The smallest absolute Gasteiger partial charge is 0.264 e. The van der Waals surface area contributed by atoms with Gasteiger partial charge in [0.05, 0.1) is 24.8 Å². The van der Waals surface area contributed by atoms with E-state index in [2.05, 4.69) is 5.32 Å². The molecule has 1 atom stereocenters. The summed E-state index contributed by atoms with van der Waals surface area (Å²) in [7, 11) is -1.44. The quantitative estimate of drug-likeness (QED) is 0.171. The highest BCUT2D eigenvalue weighted by Crippen LogP contribution is 2.33. The van der Waals surface area contributed by atoms with Crippen LogP contribution in [0, 0.1) is 5.82 Å². The molecule has 1 N–H and O–H groups in total. The fraction of sp³-hybridized carbons (Fsp3) is 0.316. The van der Waals surface area contributed by atoms with E-state index in [4.69, 9.17) is 9.47 Å². The van der Waals surface area contributed by atoms with Crippen molar-refractivity contribution < 1.29 is 31.9 Å². The average molecular weight is 688 g/mol.